The fraction of sp³-hybridized carbons (Fsp3) is 0.909. The fourth-order valence-electron chi connectivity index (χ4n) is 2.01. The van der Waals surface area contributed by atoms with E-state index in [2.05, 4.69) is 5.32 Å². The van der Waals surface area contributed by atoms with Crippen LogP contribution in [0.2, 0.25) is 0 Å². The van der Waals surface area contributed by atoms with Crippen LogP contribution in [0.1, 0.15) is 20.8 Å². The molecular weight excluding hydrogens is 276 g/mol. The average Bonchev–Trinajstić information content (AvgIpc) is 2.14. The summed E-state index contributed by atoms with van der Waals surface area (Å²) >= 11 is 0. The van der Waals surface area contributed by atoms with Crippen molar-refractivity contribution in [3.63, 3.8) is 0 Å². The number of nitrogens with one attached hydrogen (secondary N) is 1. The van der Waals surface area contributed by atoms with Crippen molar-refractivity contribution in [3.05, 3.63) is 0 Å². The zero-order valence-electron chi connectivity index (χ0n) is 11.2. The standard InChI is InChI=1S/C11H22N2O3S.ClH/c1-9(2)7-17(15,16)8-11(14)13-5-4-12-10(3)6-13;/h9-10,12H,4-8H2,1-3H3;1H. The first kappa shape index (κ1) is 17.7. The van der Waals surface area contributed by atoms with Crippen LogP contribution in [0.15, 0.2) is 0 Å². The van der Waals surface area contributed by atoms with Gasteiger partial charge in [0, 0.05) is 25.7 Å². The number of hydrogen-bond donors (Lipinski definition) is 1. The molecule has 0 aromatic carbocycles. The number of amides is 1. The molecule has 0 aliphatic carbocycles. The Balaban J connectivity index is 0.00000289. The van der Waals surface area contributed by atoms with Crippen LogP contribution in [0.5, 0.6) is 0 Å². The summed E-state index contributed by atoms with van der Waals surface area (Å²) in [6.07, 6.45) is 0. The molecule has 1 saturated heterocycles. The molecule has 0 saturated carbocycles. The van der Waals surface area contributed by atoms with Gasteiger partial charge < -0.3 is 10.2 Å². The summed E-state index contributed by atoms with van der Waals surface area (Å²) < 4.78 is 23.4. The number of nitrogens with zero attached hydrogens (tertiary/aromatic N) is 1. The third-order valence-corrected chi connectivity index (χ3v) is 4.51. The quantitative estimate of drug-likeness (QED) is 0.811. The topological polar surface area (TPSA) is 66.5 Å². The van der Waals surface area contributed by atoms with Crippen molar-refractivity contribution >= 4 is 28.2 Å². The monoisotopic (exact) mass is 298 g/mol. The van der Waals surface area contributed by atoms with Crippen molar-refractivity contribution in [3.8, 4) is 0 Å². The number of halogens is 1. The Bertz CT molecular complexity index is 370. The van der Waals surface area contributed by atoms with Crippen LogP contribution in [0.3, 0.4) is 0 Å². The van der Waals surface area contributed by atoms with Crippen molar-refractivity contribution in [1.29, 1.82) is 0 Å². The molecule has 1 aliphatic heterocycles. The summed E-state index contributed by atoms with van der Waals surface area (Å²) in [6, 6.07) is 0.237. The van der Waals surface area contributed by atoms with Crippen LogP contribution in [0.25, 0.3) is 0 Å². The molecule has 1 unspecified atom stereocenters. The summed E-state index contributed by atoms with van der Waals surface area (Å²) in [6.45, 7) is 7.60. The molecule has 1 rings (SSSR count). The van der Waals surface area contributed by atoms with Crippen LogP contribution in [0, 0.1) is 5.92 Å². The maximum atomic E-state index is 11.9. The number of sulfone groups is 1. The van der Waals surface area contributed by atoms with E-state index in [1.165, 1.54) is 0 Å². The van der Waals surface area contributed by atoms with Crippen LogP contribution in [-0.4, -0.2) is 56.4 Å². The summed E-state index contributed by atoms with van der Waals surface area (Å²) in [5, 5.41) is 3.22. The van der Waals surface area contributed by atoms with E-state index in [1.807, 2.05) is 20.8 Å². The maximum absolute atomic E-state index is 11.9. The van der Waals surface area contributed by atoms with Crippen molar-refractivity contribution in [1.82, 2.24) is 10.2 Å². The van der Waals surface area contributed by atoms with Crippen molar-refractivity contribution < 1.29 is 13.2 Å². The van der Waals surface area contributed by atoms with Gasteiger partial charge in [-0.2, -0.15) is 0 Å². The molecule has 1 fully saturated rings. The molecule has 0 aromatic rings. The van der Waals surface area contributed by atoms with E-state index in [-0.39, 0.29) is 41.8 Å². The third-order valence-electron chi connectivity index (χ3n) is 2.65. The Hall–Kier alpha value is -0.330. The molecule has 0 bridgehead atoms. The highest BCUT2D eigenvalue weighted by Crippen LogP contribution is 2.05. The van der Waals surface area contributed by atoms with Crippen molar-refractivity contribution in [2.75, 3.05) is 31.1 Å². The van der Waals surface area contributed by atoms with Gasteiger partial charge in [0.15, 0.2) is 9.84 Å². The zero-order chi connectivity index (χ0) is 13.1. The molecule has 18 heavy (non-hydrogen) atoms. The lowest BCUT2D eigenvalue weighted by atomic mass is 10.2. The fourth-order valence-corrected chi connectivity index (χ4v) is 3.70. The second-order valence-corrected chi connectivity index (χ2v) is 7.25. The first-order chi connectivity index (χ1) is 7.80. The van der Waals surface area contributed by atoms with Gasteiger partial charge in [-0.15, -0.1) is 12.4 Å². The lowest BCUT2D eigenvalue weighted by molar-refractivity contribution is -0.129. The zero-order valence-corrected chi connectivity index (χ0v) is 12.8. The summed E-state index contributed by atoms with van der Waals surface area (Å²) in [7, 11) is -3.26. The Kier molecular flexibility index (Phi) is 7.17. The van der Waals surface area contributed by atoms with Crippen LogP contribution in [0.4, 0.5) is 0 Å². The highest BCUT2D eigenvalue weighted by molar-refractivity contribution is 7.92. The molecule has 108 valence electrons. The number of carbonyl (C=O) groups is 1. The van der Waals surface area contributed by atoms with Crippen molar-refractivity contribution in [2.45, 2.75) is 26.8 Å². The Morgan fingerprint density at radius 1 is 1.44 bits per heavy atom. The van der Waals surface area contributed by atoms with Gasteiger partial charge in [0.2, 0.25) is 5.91 Å². The summed E-state index contributed by atoms with van der Waals surface area (Å²) in [4.78, 5) is 13.5. The van der Waals surface area contributed by atoms with Crippen molar-refractivity contribution in [2.24, 2.45) is 5.92 Å². The summed E-state index contributed by atoms with van der Waals surface area (Å²) in [5.74, 6) is -0.466. The Morgan fingerprint density at radius 2 is 2.06 bits per heavy atom. The van der Waals surface area contributed by atoms with E-state index in [4.69, 9.17) is 0 Å². The van der Waals surface area contributed by atoms with E-state index in [1.54, 1.807) is 4.90 Å². The number of carbonyl (C=O) groups excluding carboxylic acids is 1. The van der Waals surface area contributed by atoms with Gasteiger partial charge in [-0.05, 0) is 12.8 Å². The van der Waals surface area contributed by atoms with Gasteiger partial charge in [-0.3, -0.25) is 4.79 Å². The van der Waals surface area contributed by atoms with E-state index in [0.717, 1.165) is 6.54 Å². The lowest BCUT2D eigenvalue weighted by Gasteiger charge is -2.31. The third kappa shape index (κ3) is 6.02. The number of hydrogen-bond acceptors (Lipinski definition) is 4. The number of piperazine rings is 1. The first-order valence-corrected chi connectivity index (χ1v) is 7.84. The molecular formula is C11H23ClN2O3S. The van der Waals surface area contributed by atoms with E-state index < -0.39 is 9.84 Å². The van der Waals surface area contributed by atoms with Gasteiger partial charge in [-0.1, -0.05) is 13.8 Å². The highest BCUT2D eigenvalue weighted by atomic mass is 35.5. The number of rotatable bonds is 4. The van der Waals surface area contributed by atoms with E-state index in [9.17, 15) is 13.2 Å². The van der Waals surface area contributed by atoms with Crippen LogP contribution in [-0.2, 0) is 14.6 Å². The molecule has 0 aromatic heterocycles. The molecule has 1 aliphatic rings. The normalized spacial score (nSPS) is 20.7. The predicted octanol–water partition coefficient (Wildman–Crippen LogP) is 0.299. The minimum Gasteiger partial charge on any atom is -0.339 e. The molecule has 1 N–H and O–H groups in total. The maximum Gasteiger partial charge on any atom is 0.237 e. The smallest absolute Gasteiger partial charge is 0.237 e. The van der Waals surface area contributed by atoms with Gasteiger partial charge in [0.1, 0.15) is 5.75 Å². The SMILES string of the molecule is CC(C)CS(=O)(=O)CC(=O)N1CCNC(C)C1.Cl. The highest BCUT2D eigenvalue weighted by Gasteiger charge is 2.25. The molecule has 0 spiro atoms. The lowest BCUT2D eigenvalue weighted by Crippen LogP contribution is -2.52. The molecule has 5 nitrogen and oxygen atoms in total. The minimum absolute atomic E-state index is 0. The van der Waals surface area contributed by atoms with E-state index >= 15 is 0 Å². The van der Waals surface area contributed by atoms with Crippen LogP contribution < -0.4 is 5.32 Å². The Morgan fingerprint density at radius 3 is 2.56 bits per heavy atom. The molecule has 1 atom stereocenters. The second-order valence-electron chi connectivity index (χ2n) is 5.14. The average molecular weight is 299 g/mol. The largest absolute Gasteiger partial charge is 0.339 e. The molecule has 1 heterocycles. The van der Waals surface area contributed by atoms with Gasteiger partial charge >= 0.3 is 0 Å². The molecule has 0 radical (unpaired) electrons. The van der Waals surface area contributed by atoms with Gasteiger partial charge in [-0.25, -0.2) is 8.42 Å². The van der Waals surface area contributed by atoms with Gasteiger partial charge in [0.05, 0.1) is 5.75 Å². The van der Waals surface area contributed by atoms with Crippen LogP contribution >= 0.6 is 12.4 Å². The molecule has 7 heteroatoms. The second kappa shape index (κ2) is 7.31. The Labute approximate surface area is 116 Å². The molecule has 1 amide bonds. The summed E-state index contributed by atoms with van der Waals surface area (Å²) in [5.41, 5.74) is 0. The van der Waals surface area contributed by atoms with E-state index in [0.29, 0.717) is 13.1 Å². The minimum atomic E-state index is -3.26. The van der Waals surface area contributed by atoms with Gasteiger partial charge in [0.25, 0.3) is 0 Å². The predicted molar refractivity (Wildman–Crippen MR) is 74.8 cm³/mol. The first-order valence-electron chi connectivity index (χ1n) is 6.02.